The lowest BCUT2D eigenvalue weighted by Gasteiger charge is -2.19. The lowest BCUT2D eigenvalue weighted by Crippen LogP contribution is -2.32. The van der Waals surface area contributed by atoms with Crippen LogP contribution < -0.4 is 15.2 Å². The van der Waals surface area contributed by atoms with Crippen molar-refractivity contribution < 1.29 is 14.3 Å². The van der Waals surface area contributed by atoms with Gasteiger partial charge in [0, 0.05) is 26.3 Å². The Labute approximate surface area is 161 Å². The number of amides is 1. The van der Waals surface area contributed by atoms with Gasteiger partial charge in [0.15, 0.2) is 17.1 Å². The molecule has 0 bridgehead atoms. The molecule has 1 atom stereocenters. The molecule has 1 saturated heterocycles. The number of aromatic nitrogens is 3. The zero-order valence-electron chi connectivity index (χ0n) is 16.1. The van der Waals surface area contributed by atoms with Crippen LogP contribution in [0.3, 0.4) is 0 Å². The molecule has 4 rings (SSSR count). The maximum absolute atomic E-state index is 13.1. The van der Waals surface area contributed by atoms with Gasteiger partial charge in [-0.3, -0.25) is 13.9 Å². The molecule has 8 heteroatoms. The van der Waals surface area contributed by atoms with Crippen LogP contribution in [-0.4, -0.2) is 52.2 Å². The summed E-state index contributed by atoms with van der Waals surface area (Å²) < 4.78 is 14.0. The number of aryl methyl sites for hydroxylation is 1. The van der Waals surface area contributed by atoms with Crippen LogP contribution in [0.15, 0.2) is 41.3 Å². The van der Waals surface area contributed by atoms with E-state index in [0.717, 1.165) is 5.52 Å². The summed E-state index contributed by atoms with van der Waals surface area (Å²) in [5.41, 5.74) is 1.76. The summed E-state index contributed by atoms with van der Waals surface area (Å²) in [6.07, 6.45) is 2.37. The Bertz CT molecular complexity index is 1100. The van der Waals surface area contributed by atoms with Gasteiger partial charge in [0.25, 0.3) is 5.91 Å². The van der Waals surface area contributed by atoms with E-state index in [0.29, 0.717) is 42.2 Å². The van der Waals surface area contributed by atoms with Crippen molar-refractivity contribution in [1.29, 1.82) is 0 Å². The predicted molar refractivity (Wildman–Crippen MR) is 104 cm³/mol. The maximum atomic E-state index is 13.1. The van der Waals surface area contributed by atoms with E-state index in [9.17, 15) is 9.59 Å². The Kier molecular flexibility index (Phi) is 4.54. The number of fused-ring (bicyclic) bond motifs is 1. The van der Waals surface area contributed by atoms with E-state index in [2.05, 4.69) is 4.98 Å². The highest BCUT2D eigenvalue weighted by atomic mass is 16.5. The van der Waals surface area contributed by atoms with E-state index < -0.39 is 0 Å². The molecule has 1 aliphatic heterocycles. The first-order valence-corrected chi connectivity index (χ1v) is 9.09. The smallest absolute Gasteiger partial charge is 0.330 e. The van der Waals surface area contributed by atoms with Crippen LogP contribution in [0.1, 0.15) is 22.8 Å². The topological polar surface area (TPSA) is 78.6 Å². The van der Waals surface area contributed by atoms with E-state index in [1.165, 1.54) is 14.2 Å². The number of pyridine rings is 1. The van der Waals surface area contributed by atoms with Crippen molar-refractivity contribution in [3.8, 4) is 11.5 Å². The second kappa shape index (κ2) is 7.03. The molecule has 146 valence electrons. The molecule has 0 unspecified atom stereocenters. The molecule has 1 aliphatic rings. The SMILES string of the molecule is COc1cccc(C(=O)N2CC[C@@H](n3c(=O)n(C)c4cccnc43)C2)c1OC. The zero-order chi connectivity index (χ0) is 19.8. The summed E-state index contributed by atoms with van der Waals surface area (Å²) in [6.45, 7) is 0.994. The summed E-state index contributed by atoms with van der Waals surface area (Å²) in [5.74, 6) is 0.792. The number of carbonyl (C=O) groups is 1. The summed E-state index contributed by atoms with van der Waals surface area (Å²) in [7, 11) is 4.79. The summed E-state index contributed by atoms with van der Waals surface area (Å²) in [5, 5.41) is 0. The summed E-state index contributed by atoms with van der Waals surface area (Å²) >= 11 is 0. The van der Waals surface area contributed by atoms with Crippen molar-refractivity contribution in [2.24, 2.45) is 7.05 Å². The van der Waals surface area contributed by atoms with Crippen LogP contribution >= 0.6 is 0 Å². The third-order valence-corrected chi connectivity index (χ3v) is 5.30. The quantitative estimate of drug-likeness (QED) is 0.688. The van der Waals surface area contributed by atoms with Crippen LogP contribution in [0, 0.1) is 0 Å². The monoisotopic (exact) mass is 382 g/mol. The Hall–Kier alpha value is -3.29. The normalized spacial score (nSPS) is 16.5. The van der Waals surface area contributed by atoms with Gasteiger partial charge in [0.1, 0.15) is 0 Å². The Balaban J connectivity index is 1.65. The van der Waals surface area contributed by atoms with E-state index in [4.69, 9.17) is 9.47 Å². The Morgan fingerprint density at radius 3 is 2.75 bits per heavy atom. The molecule has 1 fully saturated rings. The van der Waals surface area contributed by atoms with Crippen molar-refractivity contribution in [3.63, 3.8) is 0 Å². The molecule has 8 nitrogen and oxygen atoms in total. The molecule has 0 aliphatic carbocycles. The van der Waals surface area contributed by atoms with Crippen LogP contribution in [0.25, 0.3) is 11.2 Å². The number of nitrogens with zero attached hydrogens (tertiary/aromatic N) is 4. The molecular weight excluding hydrogens is 360 g/mol. The number of ether oxygens (including phenoxy) is 2. The van der Waals surface area contributed by atoms with Gasteiger partial charge in [0.2, 0.25) is 0 Å². The Morgan fingerprint density at radius 2 is 2.00 bits per heavy atom. The zero-order valence-corrected chi connectivity index (χ0v) is 16.1. The van der Waals surface area contributed by atoms with E-state index in [1.807, 2.05) is 12.1 Å². The number of hydrogen-bond donors (Lipinski definition) is 0. The lowest BCUT2D eigenvalue weighted by molar-refractivity contribution is 0.0783. The number of methoxy groups -OCH3 is 2. The summed E-state index contributed by atoms with van der Waals surface area (Å²) in [4.78, 5) is 32.0. The molecule has 0 spiro atoms. The van der Waals surface area contributed by atoms with Gasteiger partial charge in [-0.1, -0.05) is 6.07 Å². The molecule has 0 saturated carbocycles. The van der Waals surface area contributed by atoms with Crippen molar-refractivity contribution in [1.82, 2.24) is 19.0 Å². The predicted octanol–water partition coefficient (Wildman–Crippen LogP) is 1.84. The molecule has 2 aromatic heterocycles. The van der Waals surface area contributed by atoms with Crippen molar-refractivity contribution in [3.05, 3.63) is 52.6 Å². The molecule has 0 radical (unpaired) electrons. The first-order valence-electron chi connectivity index (χ1n) is 9.09. The lowest BCUT2D eigenvalue weighted by atomic mass is 10.1. The van der Waals surface area contributed by atoms with Gasteiger partial charge in [0.05, 0.1) is 31.3 Å². The number of imidazole rings is 1. The number of rotatable bonds is 4. The number of benzene rings is 1. The first-order chi connectivity index (χ1) is 13.6. The van der Waals surface area contributed by atoms with Crippen molar-refractivity contribution in [2.45, 2.75) is 12.5 Å². The minimum atomic E-state index is -0.139. The highest BCUT2D eigenvalue weighted by molar-refractivity contribution is 5.98. The number of para-hydroxylation sites is 1. The minimum Gasteiger partial charge on any atom is -0.493 e. The van der Waals surface area contributed by atoms with Gasteiger partial charge < -0.3 is 14.4 Å². The van der Waals surface area contributed by atoms with Crippen molar-refractivity contribution in [2.75, 3.05) is 27.3 Å². The number of hydrogen-bond acceptors (Lipinski definition) is 5. The third kappa shape index (κ3) is 2.72. The van der Waals surface area contributed by atoms with Crippen LogP contribution in [0.2, 0.25) is 0 Å². The third-order valence-electron chi connectivity index (χ3n) is 5.30. The second-order valence-corrected chi connectivity index (χ2v) is 6.79. The Morgan fingerprint density at radius 1 is 1.18 bits per heavy atom. The molecule has 0 N–H and O–H groups in total. The minimum absolute atomic E-state index is 0.119. The maximum Gasteiger partial charge on any atom is 0.330 e. The highest BCUT2D eigenvalue weighted by Gasteiger charge is 2.32. The fraction of sp³-hybridized carbons (Fsp3) is 0.350. The fourth-order valence-electron chi connectivity index (χ4n) is 3.88. The molecule has 3 heterocycles. The second-order valence-electron chi connectivity index (χ2n) is 6.79. The fourth-order valence-corrected chi connectivity index (χ4v) is 3.88. The molecule has 3 aromatic rings. The van der Waals surface area contributed by atoms with Crippen molar-refractivity contribution >= 4 is 17.1 Å². The molecule has 1 aromatic carbocycles. The van der Waals surface area contributed by atoms with E-state index in [-0.39, 0.29) is 17.6 Å². The van der Waals surface area contributed by atoms with Crippen LogP contribution in [0.4, 0.5) is 0 Å². The van der Waals surface area contributed by atoms with E-state index in [1.54, 1.807) is 45.5 Å². The van der Waals surface area contributed by atoms with Crippen LogP contribution in [0.5, 0.6) is 11.5 Å². The highest BCUT2D eigenvalue weighted by Crippen LogP contribution is 2.33. The van der Waals surface area contributed by atoms with E-state index >= 15 is 0 Å². The molecule has 1 amide bonds. The van der Waals surface area contributed by atoms with Gasteiger partial charge >= 0.3 is 5.69 Å². The number of carbonyl (C=O) groups excluding carboxylic acids is 1. The van der Waals surface area contributed by atoms with Gasteiger partial charge in [-0.05, 0) is 30.7 Å². The van der Waals surface area contributed by atoms with Gasteiger partial charge in [-0.25, -0.2) is 9.78 Å². The van der Waals surface area contributed by atoms with Gasteiger partial charge in [-0.2, -0.15) is 0 Å². The first kappa shape index (κ1) is 18.1. The molecular formula is C20H22N4O4. The average molecular weight is 382 g/mol. The number of likely N-dealkylation sites (tertiary alicyclic amines) is 1. The summed E-state index contributed by atoms with van der Waals surface area (Å²) in [6, 6.07) is 8.81. The van der Waals surface area contributed by atoms with Crippen LogP contribution in [-0.2, 0) is 7.05 Å². The average Bonchev–Trinajstić information content (AvgIpc) is 3.30. The van der Waals surface area contributed by atoms with Gasteiger partial charge in [-0.15, -0.1) is 0 Å². The standard InChI is InChI=1S/C20H22N4O4/c1-22-15-7-5-10-21-18(15)24(20(22)26)13-9-11-23(12-13)19(25)14-6-4-8-16(27-2)17(14)28-3/h4-8,10,13H,9,11-12H2,1-3H3/t13-/m1/s1. The molecule has 28 heavy (non-hydrogen) atoms. The largest absolute Gasteiger partial charge is 0.493 e.